The van der Waals surface area contributed by atoms with E-state index in [9.17, 15) is 0 Å². The fourth-order valence-electron chi connectivity index (χ4n) is 2.64. The van der Waals surface area contributed by atoms with Crippen molar-refractivity contribution in [1.82, 2.24) is 4.90 Å². The highest BCUT2D eigenvalue weighted by Gasteiger charge is 2.21. The molecule has 0 aromatic heterocycles. The Balaban J connectivity index is 1.99. The van der Waals surface area contributed by atoms with Crippen molar-refractivity contribution >= 4 is 0 Å². The molecule has 3 nitrogen and oxygen atoms in total. The Morgan fingerprint density at radius 3 is 2.75 bits per heavy atom. The molecule has 2 rings (SSSR count). The summed E-state index contributed by atoms with van der Waals surface area (Å²) < 4.78 is 5.76. The molecule has 2 atom stereocenters. The first-order chi connectivity index (χ1) is 9.67. The third-order valence-electron chi connectivity index (χ3n) is 3.30. The predicted octanol–water partition coefficient (Wildman–Crippen LogP) is 2.03. The van der Waals surface area contributed by atoms with Crippen LogP contribution in [0, 0.1) is 11.8 Å². The normalized spacial score (nSPS) is 23.1. The highest BCUT2D eigenvalue weighted by atomic mass is 16.5. The van der Waals surface area contributed by atoms with Crippen LogP contribution in [0.25, 0.3) is 0 Å². The average Bonchev–Trinajstić information content (AvgIpc) is 2.38. The molecule has 20 heavy (non-hydrogen) atoms. The van der Waals surface area contributed by atoms with Crippen molar-refractivity contribution in [2.24, 2.45) is 0 Å². The van der Waals surface area contributed by atoms with Crippen LogP contribution in [0.1, 0.15) is 31.4 Å². The van der Waals surface area contributed by atoms with Gasteiger partial charge in [0.15, 0.2) is 0 Å². The summed E-state index contributed by atoms with van der Waals surface area (Å²) in [6, 6.07) is 8.33. The summed E-state index contributed by atoms with van der Waals surface area (Å²) in [4.78, 5) is 2.43. The van der Waals surface area contributed by atoms with Gasteiger partial charge in [0.25, 0.3) is 0 Å². The van der Waals surface area contributed by atoms with Gasteiger partial charge in [0.1, 0.15) is 0 Å². The van der Waals surface area contributed by atoms with Gasteiger partial charge < -0.3 is 9.84 Å². The summed E-state index contributed by atoms with van der Waals surface area (Å²) in [7, 11) is 0. The molecule has 1 aliphatic rings. The number of aliphatic hydroxyl groups is 1. The Labute approximate surface area is 121 Å². The lowest BCUT2D eigenvalue weighted by molar-refractivity contribution is -0.0704. The van der Waals surface area contributed by atoms with Crippen LogP contribution in [0.3, 0.4) is 0 Å². The van der Waals surface area contributed by atoms with Gasteiger partial charge in [-0.2, -0.15) is 0 Å². The van der Waals surface area contributed by atoms with Gasteiger partial charge in [0.05, 0.1) is 18.8 Å². The molecule has 0 bridgehead atoms. The molecule has 1 fully saturated rings. The Kier molecular flexibility index (Phi) is 5.60. The maximum Gasteiger partial charge on any atom is 0.0678 e. The molecule has 1 N–H and O–H groups in total. The van der Waals surface area contributed by atoms with E-state index in [1.165, 1.54) is 5.56 Å². The molecule has 0 saturated carbocycles. The zero-order chi connectivity index (χ0) is 14.4. The molecule has 0 aliphatic carbocycles. The van der Waals surface area contributed by atoms with Crippen LogP contribution in [0.15, 0.2) is 24.3 Å². The SMILES string of the molecule is CC1CN(Cc2cccc(C#CCCO)c2)CC(C)O1. The molecule has 2 unspecified atom stereocenters. The molecule has 0 amide bonds. The minimum absolute atomic E-state index is 0.121. The van der Waals surface area contributed by atoms with E-state index in [1.807, 2.05) is 12.1 Å². The summed E-state index contributed by atoms with van der Waals surface area (Å²) in [5.74, 6) is 6.05. The zero-order valence-electron chi connectivity index (χ0n) is 12.3. The van der Waals surface area contributed by atoms with Gasteiger partial charge in [-0.15, -0.1) is 0 Å². The maximum absolute atomic E-state index is 8.74. The number of nitrogens with zero attached hydrogens (tertiary/aromatic N) is 1. The van der Waals surface area contributed by atoms with Gasteiger partial charge >= 0.3 is 0 Å². The number of rotatable bonds is 3. The summed E-state index contributed by atoms with van der Waals surface area (Å²) in [5, 5.41) is 8.74. The molecule has 1 saturated heterocycles. The van der Waals surface area contributed by atoms with Crippen LogP contribution in [0.2, 0.25) is 0 Å². The molecule has 1 aromatic rings. The van der Waals surface area contributed by atoms with E-state index < -0.39 is 0 Å². The second kappa shape index (κ2) is 7.44. The van der Waals surface area contributed by atoms with Gasteiger partial charge in [0, 0.05) is 31.6 Å². The van der Waals surface area contributed by atoms with Crippen LogP contribution in [-0.2, 0) is 11.3 Å². The van der Waals surface area contributed by atoms with Crippen molar-refractivity contribution in [3.8, 4) is 11.8 Å². The van der Waals surface area contributed by atoms with Crippen molar-refractivity contribution in [2.45, 2.75) is 39.0 Å². The fraction of sp³-hybridized carbons (Fsp3) is 0.529. The fourth-order valence-corrected chi connectivity index (χ4v) is 2.64. The number of ether oxygens (including phenoxy) is 1. The van der Waals surface area contributed by atoms with Gasteiger partial charge in [-0.25, -0.2) is 0 Å². The molecular weight excluding hydrogens is 250 g/mol. The lowest BCUT2D eigenvalue weighted by atomic mass is 10.1. The summed E-state index contributed by atoms with van der Waals surface area (Å²) in [6.07, 6.45) is 1.13. The second-order valence-electron chi connectivity index (χ2n) is 5.43. The first-order valence-electron chi connectivity index (χ1n) is 7.24. The molecule has 1 aliphatic heterocycles. The standard InChI is InChI=1S/C17H23NO2/c1-14-11-18(12-15(2)20-14)13-17-8-5-7-16(10-17)6-3-4-9-19/h5,7-8,10,14-15,19H,4,9,11-13H2,1-2H3. The minimum atomic E-state index is 0.121. The lowest BCUT2D eigenvalue weighted by Crippen LogP contribution is -2.44. The van der Waals surface area contributed by atoms with Crippen LogP contribution in [0.5, 0.6) is 0 Å². The maximum atomic E-state index is 8.74. The van der Waals surface area contributed by atoms with E-state index in [-0.39, 0.29) is 6.61 Å². The van der Waals surface area contributed by atoms with E-state index in [1.54, 1.807) is 0 Å². The number of morpholine rings is 1. The van der Waals surface area contributed by atoms with E-state index in [0.717, 1.165) is 25.2 Å². The second-order valence-corrected chi connectivity index (χ2v) is 5.43. The molecule has 1 heterocycles. The van der Waals surface area contributed by atoms with Crippen LogP contribution in [-0.4, -0.2) is 41.9 Å². The highest BCUT2D eigenvalue weighted by Crippen LogP contribution is 2.14. The molecule has 0 radical (unpaired) electrons. The third kappa shape index (κ3) is 4.64. The largest absolute Gasteiger partial charge is 0.395 e. The van der Waals surface area contributed by atoms with Crippen molar-refractivity contribution in [1.29, 1.82) is 0 Å². The third-order valence-corrected chi connectivity index (χ3v) is 3.30. The molecule has 3 heteroatoms. The highest BCUT2D eigenvalue weighted by molar-refractivity contribution is 5.37. The topological polar surface area (TPSA) is 32.7 Å². The van der Waals surface area contributed by atoms with Crippen molar-refractivity contribution in [3.05, 3.63) is 35.4 Å². The summed E-state index contributed by atoms with van der Waals surface area (Å²) in [6.45, 7) is 7.26. The minimum Gasteiger partial charge on any atom is -0.395 e. The number of benzene rings is 1. The first kappa shape index (κ1) is 15.1. The van der Waals surface area contributed by atoms with Gasteiger partial charge in [-0.05, 0) is 31.5 Å². The predicted molar refractivity (Wildman–Crippen MR) is 80.3 cm³/mol. The summed E-state index contributed by atoms with van der Waals surface area (Å²) in [5.41, 5.74) is 2.30. The van der Waals surface area contributed by atoms with Crippen LogP contribution in [0.4, 0.5) is 0 Å². The van der Waals surface area contributed by atoms with Crippen molar-refractivity contribution in [3.63, 3.8) is 0 Å². The first-order valence-corrected chi connectivity index (χ1v) is 7.24. The van der Waals surface area contributed by atoms with E-state index in [2.05, 4.69) is 42.7 Å². The molecule has 108 valence electrons. The van der Waals surface area contributed by atoms with Gasteiger partial charge in [0.2, 0.25) is 0 Å². The summed E-state index contributed by atoms with van der Waals surface area (Å²) >= 11 is 0. The van der Waals surface area contributed by atoms with E-state index in [4.69, 9.17) is 9.84 Å². The van der Waals surface area contributed by atoms with Crippen molar-refractivity contribution < 1.29 is 9.84 Å². The number of hydrogen-bond acceptors (Lipinski definition) is 3. The van der Waals surface area contributed by atoms with E-state index >= 15 is 0 Å². The number of aliphatic hydroxyl groups excluding tert-OH is 1. The smallest absolute Gasteiger partial charge is 0.0678 e. The Hall–Kier alpha value is -1.34. The number of hydrogen-bond donors (Lipinski definition) is 1. The Morgan fingerprint density at radius 1 is 1.30 bits per heavy atom. The van der Waals surface area contributed by atoms with Crippen LogP contribution >= 0.6 is 0 Å². The lowest BCUT2D eigenvalue weighted by Gasteiger charge is -2.35. The Morgan fingerprint density at radius 2 is 2.05 bits per heavy atom. The van der Waals surface area contributed by atoms with E-state index in [0.29, 0.717) is 18.6 Å². The molecule has 0 spiro atoms. The quantitative estimate of drug-likeness (QED) is 0.855. The monoisotopic (exact) mass is 273 g/mol. The molecule has 1 aromatic carbocycles. The van der Waals surface area contributed by atoms with Crippen LogP contribution < -0.4 is 0 Å². The van der Waals surface area contributed by atoms with Gasteiger partial charge in [-0.3, -0.25) is 4.90 Å². The van der Waals surface area contributed by atoms with Gasteiger partial charge in [-0.1, -0.05) is 24.0 Å². The average molecular weight is 273 g/mol. The molecular formula is C17H23NO2. The Bertz CT molecular complexity index is 479. The van der Waals surface area contributed by atoms with Crippen molar-refractivity contribution in [2.75, 3.05) is 19.7 Å². The zero-order valence-corrected chi connectivity index (χ0v) is 12.3.